The Bertz CT molecular complexity index is 300. The number of nitrogens with zero attached hydrogens (tertiary/aromatic N) is 1. The summed E-state index contributed by atoms with van der Waals surface area (Å²) in [6, 6.07) is -0.673. The molecule has 1 fully saturated rings. The Morgan fingerprint density at radius 2 is 2.12 bits per heavy atom. The molecular formula is C12H22N2O3. The van der Waals surface area contributed by atoms with Gasteiger partial charge in [0.05, 0.1) is 5.41 Å². The van der Waals surface area contributed by atoms with Crippen LogP contribution in [-0.4, -0.2) is 41.0 Å². The molecule has 0 aromatic rings. The molecule has 1 rings (SSSR count). The first-order valence-electron chi connectivity index (χ1n) is 6.20. The van der Waals surface area contributed by atoms with Crippen LogP contribution >= 0.6 is 0 Å². The molecule has 0 aromatic carbocycles. The summed E-state index contributed by atoms with van der Waals surface area (Å²) in [5.74, 6) is -1.02. The van der Waals surface area contributed by atoms with Crippen molar-refractivity contribution >= 4 is 11.9 Å². The van der Waals surface area contributed by atoms with Gasteiger partial charge in [-0.05, 0) is 32.6 Å². The molecule has 1 heterocycles. The van der Waals surface area contributed by atoms with Crippen molar-refractivity contribution in [1.82, 2.24) is 4.90 Å². The van der Waals surface area contributed by atoms with E-state index in [2.05, 4.69) is 0 Å². The molecule has 1 saturated heterocycles. The lowest BCUT2D eigenvalue weighted by Gasteiger charge is -2.39. The van der Waals surface area contributed by atoms with E-state index in [0.717, 1.165) is 12.8 Å². The minimum absolute atomic E-state index is 0.116. The molecule has 5 nitrogen and oxygen atoms in total. The molecule has 0 radical (unpaired) electrons. The Balaban J connectivity index is 2.88. The first kappa shape index (κ1) is 14.0. The van der Waals surface area contributed by atoms with Gasteiger partial charge >= 0.3 is 5.97 Å². The van der Waals surface area contributed by atoms with Gasteiger partial charge in [-0.1, -0.05) is 6.92 Å². The van der Waals surface area contributed by atoms with Crippen molar-refractivity contribution < 1.29 is 14.7 Å². The number of likely N-dealkylation sites (tertiary alicyclic amines) is 1. The maximum atomic E-state index is 12.4. The van der Waals surface area contributed by atoms with Crippen molar-refractivity contribution in [2.24, 2.45) is 11.1 Å². The van der Waals surface area contributed by atoms with Crippen LogP contribution < -0.4 is 5.73 Å². The molecule has 0 bridgehead atoms. The van der Waals surface area contributed by atoms with Gasteiger partial charge in [-0.25, -0.2) is 4.79 Å². The minimum Gasteiger partial charge on any atom is -0.480 e. The molecule has 2 atom stereocenters. The topological polar surface area (TPSA) is 83.6 Å². The first-order chi connectivity index (χ1) is 7.96. The Labute approximate surface area is 102 Å². The number of amides is 1. The van der Waals surface area contributed by atoms with Gasteiger partial charge in [0.25, 0.3) is 0 Å². The number of aliphatic carboxylic acids is 1. The zero-order valence-electron chi connectivity index (χ0n) is 10.6. The summed E-state index contributed by atoms with van der Waals surface area (Å²) < 4.78 is 0. The summed E-state index contributed by atoms with van der Waals surface area (Å²) in [5, 5.41) is 9.14. The van der Waals surface area contributed by atoms with E-state index in [1.807, 2.05) is 13.8 Å². The van der Waals surface area contributed by atoms with Gasteiger partial charge in [0, 0.05) is 13.1 Å². The molecule has 5 heteroatoms. The number of hydrogen-bond donors (Lipinski definition) is 2. The average Bonchev–Trinajstić information content (AvgIpc) is 2.36. The fraction of sp³-hybridized carbons (Fsp3) is 0.833. The summed E-state index contributed by atoms with van der Waals surface area (Å²) >= 11 is 0. The third-order valence-corrected chi connectivity index (χ3v) is 3.80. The number of hydrogen-bond acceptors (Lipinski definition) is 3. The first-order valence-corrected chi connectivity index (χ1v) is 6.20. The maximum Gasteiger partial charge on any atom is 0.326 e. The van der Waals surface area contributed by atoms with E-state index in [1.54, 1.807) is 0 Å². The van der Waals surface area contributed by atoms with E-state index in [-0.39, 0.29) is 12.5 Å². The van der Waals surface area contributed by atoms with E-state index in [9.17, 15) is 9.59 Å². The van der Waals surface area contributed by atoms with Crippen LogP contribution in [0.2, 0.25) is 0 Å². The third kappa shape index (κ3) is 2.77. The highest BCUT2D eigenvalue weighted by Gasteiger charge is 2.40. The summed E-state index contributed by atoms with van der Waals surface area (Å²) in [6.07, 6.45) is 2.92. The molecule has 1 unspecified atom stereocenters. The normalized spacial score (nSPS) is 24.2. The average molecular weight is 242 g/mol. The van der Waals surface area contributed by atoms with Crippen LogP contribution in [0.15, 0.2) is 0 Å². The zero-order chi connectivity index (χ0) is 13.1. The predicted octanol–water partition coefficient (Wildman–Crippen LogP) is 0.827. The lowest BCUT2D eigenvalue weighted by molar-refractivity contribution is -0.156. The van der Waals surface area contributed by atoms with E-state index in [0.29, 0.717) is 19.4 Å². The van der Waals surface area contributed by atoms with Crippen LogP contribution in [0.5, 0.6) is 0 Å². The fourth-order valence-corrected chi connectivity index (χ4v) is 2.16. The van der Waals surface area contributed by atoms with Crippen molar-refractivity contribution in [3.05, 3.63) is 0 Å². The Hall–Kier alpha value is -1.10. The van der Waals surface area contributed by atoms with Crippen molar-refractivity contribution in [1.29, 1.82) is 0 Å². The van der Waals surface area contributed by atoms with Gasteiger partial charge in [0.1, 0.15) is 6.04 Å². The highest BCUT2D eigenvalue weighted by molar-refractivity contribution is 5.87. The zero-order valence-corrected chi connectivity index (χ0v) is 10.6. The fourth-order valence-electron chi connectivity index (χ4n) is 2.16. The van der Waals surface area contributed by atoms with Crippen molar-refractivity contribution in [2.45, 2.75) is 45.6 Å². The van der Waals surface area contributed by atoms with Crippen LogP contribution in [0.25, 0.3) is 0 Å². The molecule has 1 aliphatic rings. The van der Waals surface area contributed by atoms with E-state index in [1.165, 1.54) is 4.90 Å². The second-order valence-electron chi connectivity index (χ2n) is 4.97. The lowest BCUT2D eigenvalue weighted by Crippen LogP contribution is -2.54. The number of nitrogens with two attached hydrogens (primary N) is 1. The van der Waals surface area contributed by atoms with Gasteiger partial charge in [-0.2, -0.15) is 0 Å². The molecule has 0 spiro atoms. The molecule has 98 valence electrons. The number of carboxylic acid groups (broad SMARTS) is 1. The van der Waals surface area contributed by atoms with Crippen LogP contribution in [0.3, 0.4) is 0 Å². The summed E-state index contributed by atoms with van der Waals surface area (Å²) in [6.45, 7) is 4.50. The number of carbonyl (C=O) groups is 2. The Morgan fingerprint density at radius 3 is 2.59 bits per heavy atom. The predicted molar refractivity (Wildman–Crippen MR) is 64.4 cm³/mol. The van der Waals surface area contributed by atoms with E-state index < -0.39 is 17.4 Å². The summed E-state index contributed by atoms with van der Waals surface area (Å²) in [7, 11) is 0. The van der Waals surface area contributed by atoms with E-state index >= 15 is 0 Å². The molecule has 0 aromatic heterocycles. The molecule has 17 heavy (non-hydrogen) atoms. The summed E-state index contributed by atoms with van der Waals surface area (Å²) in [4.78, 5) is 25.0. The van der Waals surface area contributed by atoms with Crippen molar-refractivity contribution in [3.63, 3.8) is 0 Å². The smallest absolute Gasteiger partial charge is 0.326 e. The number of carbonyl (C=O) groups excluding carboxylic acids is 1. The van der Waals surface area contributed by atoms with E-state index in [4.69, 9.17) is 10.8 Å². The van der Waals surface area contributed by atoms with Gasteiger partial charge in [-0.15, -0.1) is 0 Å². The van der Waals surface area contributed by atoms with Gasteiger partial charge in [-0.3, -0.25) is 4.79 Å². The second-order valence-corrected chi connectivity index (χ2v) is 4.97. The largest absolute Gasteiger partial charge is 0.480 e. The SMILES string of the molecule is CCC(C)(CN)C(=O)N1CCCC[C@@H]1C(=O)O. The Kier molecular flexibility index (Phi) is 4.51. The van der Waals surface area contributed by atoms with Crippen LogP contribution in [-0.2, 0) is 9.59 Å². The minimum atomic E-state index is -0.909. The highest BCUT2D eigenvalue weighted by Crippen LogP contribution is 2.27. The number of piperidine rings is 1. The third-order valence-electron chi connectivity index (χ3n) is 3.80. The second kappa shape index (κ2) is 5.49. The quantitative estimate of drug-likeness (QED) is 0.764. The standard InChI is InChI=1S/C12H22N2O3/c1-3-12(2,8-13)11(17)14-7-5-4-6-9(14)10(15)16/h9H,3-8,13H2,1-2H3,(H,15,16)/t9-,12?/m1/s1. The number of carboxylic acids is 1. The highest BCUT2D eigenvalue weighted by atomic mass is 16.4. The number of rotatable bonds is 4. The lowest BCUT2D eigenvalue weighted by atomic mass is 9.84. The van der Waals surface area contributed by atoms with Crippen LogP contribution in [0, 0.1) is 5.41 Å². The molecule has 1 aliphatic heterocycles. The summed E-state index contributed by atoms with van der Waals surface area (Å²) in [5.41, 5.74) is 5.02. The van der Waals surface area contributed by atoms with Gasteiger partial charge in [0.15, 0.2) is 0 Å². The maximum absolute atomic E-state index is 12.4. The van der Waals surface area contributed by atoms with Crippen LogP contribution in [0.1, 0.15) is 39.5 Å². The molecular weight excluding hydrogens is 220 g/mol. The molecule has 0 aliphatic carbocycles. The van der Waals surface area contributed by atoms with Gasteiger partial charge < -0.3 is 15.7 Å². The van der Waals surface area contributed by atoms with Crippen LogP contribution in [0.4, 0.5) is 0 Å². The molecule has 1 amide bonds. The Morgan fingerprint density at radius 1 is 1.47 bits per heavy atom. The molecule has 3 N–H and O–H groups in total. The monoisotopic (exact) mass is 242 g/mol. The van der Waals surface area contributed by atoms with Crippen molar-refractivity contribution in [3.8, 4) is 0 Å². The van der Waals surface area contributed by atoms with Crippen molar-refractivity contribution in [2.75, 3.05) is 13.1 Å². The molecule has 0 saturated carbocycles. The van der Waals surface area contributed by atoms with Gasteiger partial charge in [0.2, 0.25) is 5.91 Å².